The number of hydrogen-bond donors (Lipinski definition) is 2. The third-order valence-corrected chi connectivity index (χ3v) is 3.08. The second-order valence-corrected chi connectivity index (χ2v) is 3.75. The van der Waals surface area contributed by atoms with E-state index < -0.39 is 5.97 Å². The maximum absolute atomic E-state index is 10.7. The number of carbonyl (C=O) groups is 1. The molecule has 0 saturated heterocycles. The third kappa shape index (κ3) is 2.01. The zero-order valence-electron chi connectivity index (χ0n) is 6.87. The van der Waals surface area contributed by atoms with Gasteiger partial charge in [0.15, 0.2) is 0 Å². The summed E-state index contributed by atoms with van der Waals surface area (Å²) in [6.45, 7) is 1.72. The molecule has 0 bridgehead atoms. The van der Waals surface area contributed by atoms with Crippen molar-refractivity contribution in [3.63, 3.8) is 0 Å². The van der Waals surface area contributed by atoms with Gasteiger partial charge in [-0.3, -0.25) is 0 Å². The van der Waals surface area contributed by atoms with Gasteiger partial charge < -0.3 is 10.4 Å². The Bertz CT molecular complexity index is 324. The number of carboxylic acid groups (broad SMARTS) is 1. The minimum atomic E-state index is -0.797. The number of carboxylic acids is 1. The Kier molecular flexibility index (Phi) is 3.65. The van der Waals surface area contributed by atoms with Crippen LogP contribution < -0.4 is 5.32 Å². The van der Waals surface area contributed by atoms with Gasteiger partial charge in [0.1, 0.15) is 0 Å². The Balaban J connectivity index is 0.000000845. The summed E-state index contributed by atoms with van der Waals surface area (Å²) in [5.41, 5.74) is 1.53. The topological polar surface area (TPSA) is 49.3 Å². The van der Waals surface area contributed by atoms with Crippen LogP contribution in [0.15, 0.2) is 5.38 Å². The molecule has 0 aromatic carbocycles. The van der Waals surface area contributed by atoms with Crippen LogP contribution in [-0.4, -0.2) is 17.6 Å². The Labute approximate surface area is 94.4 Å². The average molecular weight is 367 g/mol. The first-order chi connectivity index (χ1) is 5.79. The minimum absolute atomic E-state index is 0. The van der Waals surface area contributed by atoms with E-state index in [4.69, 9.17) is 5.11 Å². The quantitative estimate of drug-likeness (QED) is 0.782. The van der Waals surface area contributed by atoms with Crippen LogP contribution in [0.4, 0.5) is 0 Å². The molecule has 3 nitrogen and oxygen atoms in total. The zero-order chi connectivity index (χ0) is 8.55. The van der Waals surface area contributed by atoms with E-state index in [0.29, 0.717) is 5.56 Å². The van der Waals surface area contributed by atoms with Crippen LogP contribution in [0.25, 0.3) is 0 Å². The second kappa shape index (κ2) is 4.36. The molecule has 13 heavy (non-hydrogen) atoms. The number of nitrogens with one attached hydrogen (secondary N) is 1. The van der Waals surface area contributed by atoms with E-state index in [1.54, 1.807) is 5.38 Å². The third-order valence-electron chi connectivity index (χ3n) is 2.05. The molecule has 0 radical (unpaired) electrons. The fourth-order valence-electron chi connectivity index (χ4n) is 1.44. The van der Waals surface area contributed by atoms with Crippen LogP contribution in [0, 0.1) is 0 Å². The molecule has 0 aliphatic carbocycles. The summed E-state index contributed by atoms with van der Waals surface area (Å²) in [6.07, 6.45) is 0.848. The van der Waals surface area contributed by atoms with Gasteiger partial charge in [0.2, 0.25) is 0 Å². The summed E-state index contributed by atoms with van der Waals surface area (Å²) >= 11 is 1.54. The molecule has 2 N–H and O–H groups in total. The molecular formula is C8H9NO2SW. The molecule has 1 aliphatic rings. The normalized spacial score (nSPS) is 14.5. The maximum Gasteiger partial charge on any atom is 0.336 e. The van der Waals surface area contributed by atoms with E-state index in [0.717, 1.165) is 25.1 Å². The van der Waals surface area contributed by atoms with E-state index in [-0.39, 0.29) is 21.1 Å². The number of fused-ring (bicyclic) bond motifs is 1. The number of rotatable bonds is 1. The summed E-state index contributed by atoms with van der Waals surface area (Å²) in [5.74, 6) is -0.797. The molecule has 1 aromatic rings. The van der Waals surface area contributed by atoms with Crippen LogP contribution in [0.3, 0.4) is 0 Å². The molecule has 0 unspecified atom stereocenters. The summed E-state index contributed by atoms with van der Waals surface area (Å²) < 4.78 is 0. The molecule has 5 heteroatoms. The van der Waals surface area contributed by atoms with Gasteiger partial charge in [0.25, 0.3) is 0 Å². The van der Waals surface area contributed by atoms with Gasteiger partial charge in [-0.25, -0.2) is 4.79 Å². The monoisotopic (exact) mass is 367 g/mol. The van der Waals surface area contributed by atoms with Gasteiger partial charge in [-0.05, 0) is 18.5 Å². The van der Waals surface area contributed by atoms with Crippen molar-refractivity contribution in [2.75, 3.05) is 6.54 Å². The van der Waals surface area contributed by atoms with E-state index >= 15 is 0 Å². The summed E-state index contributed by atoms with van der Waals surface area (Å²) in [5, 5.41) is 13.8. The Morgan fingerprint density at radius 3 is 3.08 bits per heavy atom. The number of aromatic carboxylic acids is 1. The first-order valence-corrected chi connectivity index (χ1v) is 4.70. The van der Waals surface area contributed by atoms with Crippen molar-refractivity contribution in [1.29, 1.82) is 0 Å². The number of hydrogen-bond acceptors (Lipinski definition) is 3. The van der Waals surface area contributed by atoms with Crippen molar-refractivity contribution < 1.29 is 31.0 Å². The Hall–Kier alpha value is -0.182. The minimum Gasteiger partial charge on any atom is -0.478 e. The fourth-order valence-corrected chi connectivity index (χ4v) is 2.48. The molecule has 2 heterocycles. The predicted molar refractivity (Wildman–Crippen MR) is 46.7 cm³/mol. The molecule has 0 saturated carbocycles. The SMILES string of the molecule is O=C(O)c1csc2c1CCNC2.[W]. The molecule has 1 aliphatic heterocycles. The molecule has 0 amide bonds. The van der Waals surface area contributed by atoms with Gasteiger partial charge in [-0.2, -0.15) is 0 Å². The molecule has 0 fully saturated rings. The summed E-state index contributed by atoms with van der Waals surface area (Å²) in [6, 6.07) is 0. The largest absolute Gasteiger partial charge is 0.478 e. The molecule has 2 rings (SSSR count). The van der Waals surface area contributed by atoms with Crippen LogP contribution in [0.1, 0.15) is 20.8 Å². The van der Waals surface area contributed by atoms with E-state index in [1.165, 1.54) is 16.2 Å². The van der Waals surface area contributed by atoms with Gasteiger partial charge >= 0.3 is 5.97 Å². The Morgan fingerprint density at radius 1 is 1.62 bits per heavy atom. The van der Waals surface area contributed by atoms with Gasteiger partial charge in [0, 0.05) is 37.9 Å². The maximum atomic E-state index is 10.7. The molecule has 1 aromatic heterocycles. The first-order valence-electron chi connectivity index (χ1n) is 3.82. The first kappa shape index (κ1) is 10.9. The molecule has 0 spiro atoms. The standard InChI is InChI=1S/C8H9NO2S.W/c10-8(11)6-4-12-7-3-9-2-1-5(6)7;/h4,9H,1-3H2,(H,10,11);. The van der Waals surface area contributed by atoms with Crippen LogP contribution in [0.5, 0.6) is 0 Å². The summed E-state index contributed by atoms with van der Waals surface area (Å²) in [4.78, 5) is 11.9. The average Bonchev–Trinajstić information content (AvgIpc) is 2.47. The second-order valence-electron chi connectivity index (χ2n) is 2.78. The summed E-state index contributed by atoms with van der Waals surface area (Å²) in [7, 11) is 0. The van der Waals surface area contributed by atoms with Crippen molar-refractivity contribution in [3.05, 3.63) is 21.4 Å². The smallest absolute Gasteiger partial charge is 0.336 e. The van der Waals surface area contributed by atoms with Crippen molar-refractivity contribution in [2.24, 2.45) is 0 Å². The van der Waals surface area contributed by atoms with E-state index in [9.17, 15) is 4.79 Å². The number of thiophene rings is 1. The fraction of sp³-hybridized carbons (Fsp3) is 0.375. The van der Waals surface area contributed by atoms with Crippen molar-refractivity contribution in [2.45, 2.75) is 13.0 Å². The van der Waals surface area contributed by atoms with E-state index in [2.05, 4.69) is 5.32 Å². The van der Waals surface area contributed by atoms with Gasteiger partial charge in [-0.15, -0.1) is 11.3 Å². The zero-order valence-corrected chi connectivity index (χ0v) is 10.6. The van der Waals surface area contributed by atoms with Crippen molar-refractivity contribution in [3.8, 4) is 0 Å². The molecule has 70 valence electrons. The van der Waals surface area contributed by atoms with Gasteiger partial charge in [0.05, 0.1) is 5.56 Å². The van der Waals surface area contributed by atoms with Gasteiger partial charge in [-0.1, -0.05) is 0 Å². The molecular weight excluding hydrogens is 358 g/mol. The van der Waals surface area contributed by atoms with E-state index in [1.807, 2.05) is 0 Å². The van der Waals surface area contributed by atoms with Crippen LogP contribution >= 0.6 is 11.3 Å². The van der Waals surface area contributed by atoms with Crippen LogP contribution in [-0.2, 0) is 34.0 Å². The van der Waals surface area contributed by atoms with Crippen molar-refractivity contribution >= 4 is 17.3 Å². The van der Waals surface area contributed by atoms with Crippen molar-refractivity contribution in [1.82, 2.24) is 5.32 Å². The predicted octanol–water partition coefficient (Wildman–Crippen LogP) is 1.09. The molecule has 0 atom stereocenters. The Morgan fingerprint density at radius 2 is 2.38 bits per heavy atom. The van der Waals surface area contributed by atoms with Crippen LogP contribution in [0.2, 0.25) is 0 Å².